The third-order valence-corrected chi connectivity index (χ3v) is 12.7. The van der Waals surface area contributed by atoms with E-state index in [4.69, 9.17) is 26.0 Å². The summed E-state index contributed by atoms with van der Waals surface area (Å²) in [6.07, 6.45) is 0. The van der Waals surface area contributed by atoms with E-state index in [0.29, 0.717) is 21.5 Å². The molecule has 0 aromatic heterocycles. The number of benzene rings is 12. The van der Waals surface area contributed by atoms with Crippen LogP contribution in [0.3, 0.4) is 0 Å². The maximum Gasteiger partial charge on any atom is 0.148 e. The first-order valence-electron chi connectivity index (χ1n) is 35.4. The molecule has 0 atom stereocenters. The summed E-state index contributed by atoms with van der Waals surface area (Å²) in [5, 5.41) is 1.80. The van der Waals surface area contributed by atoms with E-state index in [1.807, 2.05) is 0 Å². The Morgan fingerprint density at radius 3 is 1.47 bits per heavy atom. The first-order chi connectivity index (χ1) is 46.0. The Morgan fingerprint density at radius 2 is 0.861 bits per heavy atom. The molecule has 0 bridgehead atoms. The Hall–Kier alpha value is -8.86. The highest BCUT2D eigenvalue weighted by molar-refractivity contribution is 6.28. The molecular formula is C68H50F2N2. The molecule has 0 heterocycles. The third-order valence-electron chi connectivity index (χ3n) is 12.7. The Balaban J connectivity index is 1.25. The van der Waals surface area contributed by atoms with Gasteiger partial charge in [0.15, 0.2) is 0 Å². The van der Waals surface area contributed by atoms with Crippen molar-refractivity contribution in [1.82, 2.24) is 0 Å². The standard InChI is InChI=1S/C68H50F2N2/c1-43-18-16-27-54(38-43)71(68-59(55-28-15-14-19-45(55)3)40-53(42-61(68)70)48-23-10-6-11-24-48)63-36-32-50-31-35-57-64(37-33-51-30-34-56(63)65(50)66(51)57)72(62-29-17-20-44(2)46(62)4)67-58(49-25-12-7-13-26-49)39-52(41-60(67)69)47-21-8-5-9-22-47/h5-42H,1-4H3/i5D,6D,7D,8D,9D,10D,11D,12D,13D,14D,15D,16D,17D,18D,19D,20D,21D,22D,23D,24D,25D,26D,27D,28D,29D,38D. The minimum absolute atomic E-state index is 0.0435. The second kappa shape index (κ2) is 18.1. The van der Waals surface area contributed by atoms with Crippen LogP contribution in [0.25, 0.3) is 76.8 Å². The van der Waals surface area contributed by atoms with E-state index in [2.05, 4.69) is 0 Å². The molecule has 72 heavy (non-hydrogen) atoms. The average molecular weight is 959 g/mol. The molecule has 0 fully saturated rings. The van der Waals surface area contributed by atoms with E-state index in [0.717, 1.165) is 29.2 Å². The van der Waals surface area contributed by atoms with Crippen molar-refractivity contribution in [2.45, 2.75) is 27.7 Å². The second-order valence-electron chi connectivity index (χ2n) is 16.9. The summed E-state index contributed by atoms with van der Waals surface area (Å²) in [5.41, 5.74) is -6.04. The van der Waals surface area contributed by atoms with E-state index in [1.165, 1.54) is 44.7 Å². The summed E-state index contributed by atoms with van der Waals surface area (Å²) < 4.78 is 270. The van der Waals surface area contributed by atoms with E-state index in [1.54, 1.807) is 36.4 Å². The fraction of sp³-hybridized carbons (Fsp3) is 0.0588. The molecule has 0 radical (unpaired) electrons. The molecule has 0 spiro atoms. The van der Waals surface area contributed by atoms with Crippen LogP contribution in [0.4, 0.5) is 42.9 Å². The summed E-state index contributed by atoms with van der Waals surface area (Å²) in [4.78, 5) is 2.27. The zero-order valence-electron chi connectivity index (χ0n) is 64.6. The number of anilines is 6. The van der Waals surface area contributed by atoms with E-state index < -0.39 is 213 Å². The molecule has 0 aliphatic carbocycles. The van der Waals surface area contributed by atoms with Crippen LogP contribution < -0.4 is 9.80 Å². The molecule has 0 aliphatic rings. The van der Waals surface area contributed by atoms with Gasteiger partial charge in [0.2, 0.25) is 0 Å². The second-order valence-corrected chi connectivity index (χ2v) is 16.9. The van der Waals surface area contributed by atoms with Crippen LogP contribution in [0.2, 0.25) is 0 Å². The van der Waals surface area contributed by atoms with Crippen LogP contribution in [0, 0.1) is 39.3 Å². The van der Waals surface area contributed by atoms with Crippen molar-refractivity contribution in [3.63, 3.8) is 0 Å². The van der Waals surface area contributed by atoms with Crippen LogP contribution in [0.1, 0.15) is 57.9 Å². The average Bonchev–Trinajstić information content (AvgIpc) is 0.708. The highest BCUT2D eigenvalue weighted by Crippen LogP contribution is 2.52. The minimum Gasteiger partial charge on any atom is -0.307 e. The fourth-order valence-corrected chi connectivity index (χ4v) is 9.31. The van der Waals surface area contributed by atoms with Crippen molar-refractivity contribution < 1.29 is 44.4 Å². The summed E-state index contributed by atoms with van der Waals surface area (Å²) in [5.74, 6) is -2.62. The van der Waals surface area contributed by atoms with Gasteiger partial charge in [0.1, 0.15) is 11.6 Å². The third kappa shape index (κ3) is 7.64. The van der Waals surface area contributed by atoms with Crippen molar-refractivity contribution in [1.29, 1.82) is 0 Å². The molecule has 0 amide bonds. The van der Waals surface area contributed by atoms with Crippen molar-refractivity contribution in [3.05, 3.63) is 264 Å². The molecule has 12 aromatic rings. The SMILES string of the molecule is [2H]c1c([2H])c([2H])c(-c2cc(F)c(N(c3c([2H])c([2H])c([2H])c(C)c3[2H])c3ccc4ccc5c(N(c6c(F)cc(-c7c([2H])c([2H])c([2H])c([2H])c7[2H])cc6-c6c([2H])c([2H])c([2H])c([2H])c6[2H])c6c([2H])c([2H])c([2H])c(C)c6C)ccc6ccc3c4c65)c(-c3c([2H])c([2H])c([2H])c([2H])c3C)c2)c([2H])c1[2H]. The first-order valence-corrected chi connectivity index (χ1v) is 22.4. The minimum atomic E-state index is -1.31. The largest absolute Gasteiger partial charge is 0.307 e. The highest BCUT2D eigenvalue weighted by Gasteiger charge is 2.29. The number of nitrogens with zero attached hydrogens (tertiary/aromatic N) is 2. The van der Waals surface area contributed by atoms with Gasteiger partial charge < -0.3 is 9.80 Å². The van der Waals surface area contributed by atoms with E-state index >= 15 is 8.78 Å². The summed E-state index contributed by atoms with van der Waals surface area (Å²) in [6, 6.07) is -2.69. The van der Waals surface area contributed by atoms with Gasteiger partial charge in [-0.1, -0.05) is 175 Å². The molecule has 0 N–H and O–H groups in total. The summed E-state index contributed by atoms with van der Waals surface area (Å²) in [7, 11) is 0. The monoisotopic (exact) mass is 959 g/mol. The van der Waals surface area contributed by atoms with Gasteiger partial charge in [0.05, 0.1) is 58.4 Å². The Morgan fingerprint density at radius 1 is 0.375 bits per heavy atom. The molecule has 12 aromatic carbocycles. The lowest BCUT2D eigenvalue weighted by molar-refractivity contribution is 0.629. The quantitative estimate of drug-likeness (QED) is 0.126. The van der Waals surface area contributed by atoms with E-state index in [-0.39, 0.29) is 67.3 Å². The smallest absolute Gasteiger partial charge is 0.148 e. The molecule has 346 valence electrons. The van der Waals surface area contributed by atoms with Crippen molar-refractivity contribution >= 4 is 66.4 Å². The van der Waals surface area contributed by atoms with Gasteiger partial charge in [-0.2, -0.15) is 0 Å². The molecule has 12 rings (SSSR count). The molecule has 2 nitrogen and oxygen atoms in total. The predicted molar refractivity (Wildman–Crippen MR) is 300 cm³/mol. The van der Waals surface area contributed by atoms with Crippen LogP contribution in [-0.4, -0.2) is 0 Å². The van der Waals surface area contributed by atoms with Crippen molar-refractivity contribution in [3.8, 4) is 44.5 Å². The molecule has 0 aliphatic heterocycles. The first kappa shape index (κ1) is 24.3. The maximum atomic E-state index is 18.8. The van der Waals surface area contributed by atoms with Crippen molar-refractivity contribution in [2.24, 2.45) is 0 Å². The molecule has 0 saturated heterocycles. The normalized spacial score (nSPS) is 16.5. The van der Waals surface area contributed by atoms with Crippen LogP contribution >= 0.6 is 0 Å². The summed E-state index contributed by atoms with van der Waals surface area (Å²) >= 11 is 0. The zero-order chi connectivity index (χ0) is 71.7. The maximum absolute atomic E-state index is 18.8. The van der Waals surface area contributed by atoms with Crippen LogP contribution in [-0.2, 0) is 0 Å². The number of rotatable bonds is 10. The Bertz CT molecular complexity index is 5070. The Labute approximate surface area is 456 Å². The number of hydrogen-bond acceptors (Lipinski definition) is 2. The zero-order valence-corrected chi connectivity index (χ0v) is 38.6. The molecule has 4 heteroatoms. The summed E-state index contributed by atoms with van der Waals surface area (Å²) in [6.45, 7) is 5.64. The lowest BCUT2D eigenvalue weighted by Crippen LogP contribution is -2.16. The van der Waals surface area contributed by atoms with Gasteiger partial charge in [-0.3, -0.25) is 0 Å². The predicted octanol–water partition coefficient (Wildman–Crippen LogP) is 19.7. The van der Waals surface area contributed by atoms with Crippen LogP contribution in [0.15, 0.2) is 230 Å². The Kier molecular flexibility index (Phi) is 6.13. The van der Waals surface area contributed by atoms with Crippen LogP contribution in [0.5, 0.6) is 0 Å². The van der Waals surface area contributed by atoms with Gasteiger partial charge in [0.25, 0.3) is 0 Å². The van der Waals surface area contributed by atoms with Crippen molar-refractivity contribution in [2.75, 3.05) is 9.80 Å². The topological polar surface area (TPSA) is 6.48 Å². The number of hydrogen-bond donors (Lipinski definition) is 0. The van der Waals surface area contributed by atoms with Gasteiger partial charge in [0, 0.05) is 33.3 Å². The highest BCUT2D eigenvalue weighted by atomic mass is 19.1. The molecule has 0 saturated carbocycles. The van der Waals surface area contributed by atoms with Gasteiger partial charge in [-0.25, -0.2) is 8.78 Å². The van der Waals surface area contributed by atoms with E-state index in [9.17, 15) is 9.60 Å². The van der Waals surface area contributed by atoms with Gasteiger partial charge >= 0.3 is 0 Å². The number of halogens is 2. The lowest BCUT2D eigenvalue weighted by atomic mass is 9.90. The van der Waals surface area contributed by atoms with Gasteiger partial charge in [-0.05, 0) is 159 Å². The lowest BCUT2D eigenvalue weighted by Gasteiger charge is -2.32. The van der Waals surface area contributed by atoms with Gasteiger partial charge in [-0.15, -0.1) is 0 Å². The molecule has 0 unspecified atom stereocenters. The molecular weight excluding hydrogens is 883 g/mol. The fourth-order valence-electron chi connectivity index (χ4n) is 9.31.